The van der Waals surface area contributed by atoms with E-state index in [1.165, 1.54) is 11.3 Å². The summed E-state index contributed by atoms with van der Waals surface area (Å²) >= 11 is 2.47. The van der Waals surface area contributed by atoms with Gasteiger partial charge in [-0.05, 0) is 30.3 Å². The first kappa shape index (κ1) is 15.4. The Balaban J connectivity index is 1.53. The second-order valence-electron chi connectivity index (χ2n) is 5.15. The molecule has 0 aliphatic carbocycles. The van der Waals surface area contributed by atoms with Gasteiger partial charge in [0, 0.05) is 16.5 Å². The first-order valence-electron chi connectivity index (χ1n) is 7.23. The largest absolute Gasteiger partial charge is 0.298 e. The Morgan fingerprint density at radius 2 is 1.88 bits per heavy atom. The molecule has 1 N–H and O–H groups in total. The third-order valence-electron chi connectivity index (χ3n) is 3.55. The molecule has 0 unspecified atom stereocenters. The molecule has 0 aliphatic rings. The average molecular weight is 363 g/mol. The van der Waals surface area contributed by atoms with E-state index in [2.05, 4.69) is 25.1 Å². The van der Waals surface area contributed by atoms with Crippen molar-refractivity contribution in [3.8, 4) is 17.3 Å². The van der Waals surface area contributed by atoms with E-state index in [0.717, 1.165) is 28.5 Å². The highest BCUT2D eigenvalue weighted by Gasteiger charge is 2.11. The first-order chi connectivity index (χ1) is 12.2. The van der Waals surface area contributed by atoms with Crippen LogP contribution in [0.3, 0.4) is 0 Å². The molecule has 2 heterocycles. The predicted molar refractivity (Wildman–Crippen MR) is 97.6 cm³/mol. The summed E-state index contributed by atoms with van der Waals surface area (Å²) in [5, 5.41) is 14.0. The van der Waals surface area contributed by atoms with Crippen LogP contribution in [0.5, 0.6) is 0 Å². The Kier molecular flexibility index (Phi) is 3.93. The summed E-state index contributed by atoms with van der Waals surface area (Å²) in [5.41, 5.74) is 4.23. The predicted octanol–water partition coefficient (Wildman–Crippen LogP) is 3.94. The van der Waals surface area contributed by atoms with E-state index >= 15 is 0 Å². The molecule has 4 aromatic rings. The zero-order valence-electron chi connectivity index (χ0n) is 12.6. The lowest BCUT2D eigenvalue weighted by Gasteiger charge is -2.01. The highest BCUT2D eigenvalue weighted by Crippen LogP contribution is 2.25. The van der Waals surface area contributed by atoms with Crippen molar-refractivity contribution in [3.63, 3.8) is 0 Å². The van der Waals surface area contributed by atoms with E-state index in [-0.39, 0.29) is 5.91 Å². The SMILES string of the molecule is N#Cc1ccc(-c2csc(NC(=O)c3ccc4nsnc4c3)n2)cc1. The van der Waals surface area contributed by atoms with Gasteiger partial charge in [0.05, 0.1) is 29.1 Å². The molecule has 6 nitrogen and oxygen atoms in total. The van der Waals surface area contributed by atoms with Crippen LogP contribution in [0.2, 0.25) is 0 Å². The van der Waals surface area contributed by atoms with Gasteiger partial charge in [-0.3, -0.25) is 10.1 Å². The number of rotatable bonds is 3. The van der Waals surface area contributed by atoms with E-state index in [4.69, 9.17) is 5.26 Å². The number of aromatic nitrogens is 3. The van der Waals surface area contributed by atoms with Gasteiger partial charge in [-0.1, -0.05) is 12.1 Å². The van der Waals surface area contributed by atoms with Crippen molar-refractivity contribution in [1.82, 2.24) is 13.7 Å². The van der Waals surface area contributed by atoms with Crippen molar-refractivity contribution < 1.29 is 4.79 Å². The Labute approximate surface area is 150 Å². The molecule has 4 rings (SSSR count). The van der Waals surface area contributed by atoms with Crippen LogP contribution in [0.25, 0.3) is 22.3 Å². The second-order valence-corrected chi connectivity index (χ2v) is 6.54. The quantitative estimate of drug-likeness (QED) is 0.595. The molecule has 0 atom stereocenters. The fourth-order valence-corrected chi connectivity index (χ4v) is 3.50. The molecular formula is C17H9N5OS2. The summed E-state index contributed by atoms with van der Waals surface area (Å²) in [6.45, 7) is 0. The number of carbonyl (C=O) groups excluding carboxylic acids is 1. The van der Waals surface area contributed by atoms with Crippen LogP contribution in [0.15, 0.2) is 47.8 Å². The van der Waals surface area contributed by atoms with Crippen LogP contribution in [-0.2, 0) is 0 Å². The van der Waals surface area contributed by atoms with Crippen LogP contribution < -0.4 is 5.32 Å². The van der Waals surface area contributed by atoms with Crippen molar-refractivity contribution in [2.75, 3.05) is 5.32 Å². The maximum atomic E-state index is 12.4. The van der Waals surface area contributed by atoms with Gasteiger partial charge < -0.3 is 0 Å². The Bertz CT molecular complexity index is 1110. The minimum Gasteiger partial charge on any atom is -0.298 e. The number of amides is 1. The molecule has 2 aromatic heterocycles. The van der Waals surface area contributed by atoms with Gasteiger partial charge in [0.2, 0.25) is 0 Å². The van der Waals surface area contributed by atoms with Gasteiger partial charge in [-0.2, -0.15) is 14.0 Å². The van der Waals surface area contributed by atoms with Gasteiger partial charge in [0.15, 0.2) is 5.13 Å². The number of carbonyl (C=O) groups is 1. The van der Waals surface area contributed by atoms with E-state index in [1.54, 1.807) is 30.3 Å². The molecule has 120 valence electrons. The fraction of sp³-hybridized carbons (Fsp3) is 0. The summed E-state index contributed by atoms with van der Waals surface area (Å²) in [4.78, 5) is 16.8. The van der Waals surface area contributed by atoms with Crippen molar-refractivity contribution in [3.05, 3.63) is 59.0 Å². The van der Waals surface area contributed by atoms with Crippen LogP contribution in [-0.4, -0.2) is 19.6 Å². The number of benzene rings is 2. The standard InChI is InChI=1S/C17H9N5OS2/c18-8-10-1-3-11(4-2-10)15-9-24-17(19-15)20-16(23)12-5-6-13-14(7-12)22-25-21-13/h1-7,9H,(H,19,20,23). The van der Waals surface area contributed by atoms with Crippen LogP contribution in [0.4, 0.5) is 5.13 Å². The molecule has 25 heavy (non-hydrogen) atoms. The topological polar surface area (TPSA) is 91.6 Å². The number of hydrogen-bond acceptors (Lipinski definition) is 7. The molecule has 2 aromatic carbocycles. The third-order valence-corrected chi connectivity index (χ3v) is 4.86. The Hall–Kier alpha value is -3.15. The lowest BCUT2D eigenvalue weighted by Crippen LogP contribution is -2.11. The number of fused-ring (bicyclic) bond motifs is 1. The van der Waals surface area contributed by atoms with E-state index in [1.807, 2.05) is 17.5 Å². The second kappa shape index (κ2) is 6.39. The molecule has 0 bridgehead atoms. The fourth-order valence-electron chi connectivity index (χ4n) is 2.27. The van der Waals surface area contributed by atoms with E-state index in [0.29, 0.717) is 21.8 Å². The summed E-state index contributed by atoms with van der Waals surface area (Å²) in [6, 6.07) is 14.4. The number of nitriles is 1. The molecule has 0 spiro atoms. The molecular weight excluding hydrogens is 354 g/mol. The van der Waals surface area contributed by atoms with Gasteiger partial charge in [0.25, 0.3) is 5.91 Å². The van der Waals surface area contributed by atoms with Crippen LogP contribution in [0, 0.1) is 11.3 Å². The minimum absolute atomic E-state index is 0.240. The summed E-state index contributed by atoms with van der Waals surface area (Å²) in [5.74, 6) is -0.240. The zero-order valence-corrected chi connectivity index (χ0v) is 14.3. The molecule has 0 saturated heterocycles. The molecule has 0 radical (unpaired) electrons. The number of thiazole rings is 1. The lowest BCUT2D eigenvalue weighted by atomic mass is 10.1. The van der Waals surface area contributed by atoms with E-state index in [9.17, 15) is 4.79 Å². The van der Waals surface area contributed by atoms with Crippen LogP contribution >= 0.6 is 23.1 Å². The van der Waals surface area contributed by atoms with Gasteiger partial charge in [-0.25, -0.2) is 4.98 Å². The summed E-state index contributed by atoms with van der Waals surface area (Å²) in [7, 11) is 0. The van der Waals surface area contributed by atoms with Gasteiger partial charge >= 0.3 is 0 Å². The smallest absolute Gasteiger partial charge is 0.257 e. The van der Waals surface area contributed by atoms with Crippen molar-refractivity contribution >= 4 is 45.1 Å². The molecule has 0 saturated carbocycles. The van der Waals surface area contributed by atoms with Gasteiger partial charge in [0.1, 0.15) is 11.0 Å². The molecule has 0 aliphatic heterocycles. The minimum atomic E-state index is -0.240. The molecule has 1 amide bonds. The third kappa shape index (κ3) is 3.10. The van der Waals surface area contributed by atoms with Crippen molar-refractivity contribution in [2.45, 2.75) is 0 Å². The van der Waals surface area contributed by atoms with Crippen LogP contribution in [0.1, 0.15) is 15.9 Å². The zero-order chi connectivity index (χ0) is 17.2. The molecule has 0 fully saturated rings. The van der Waals surface area contributed by atoms with Crippen molar-refractivity contribution in [2.24, 2.45) is 0 Å². The Morgan fingerprint density at radius 3 is 2.68 bits per heavy atom. The highest BCUT2D eigenvalue weighted by molar-refractivity contribution is 7.14. The summed E-state index contributed by atoms with van der Waals surface area (Å²) < 4.78 is 8.26. The number of hydrogen-bond donors (Lipinski definition) is 1. The first-order valence-corrected chi connectivity index (χ1v) is 8.84. The maximum absolute atomic E-state index is 12.4. The highest BCUT2D eigenvalue weighted by atomic mass is 32.1. The van der Waals surface area contributed by atoms with E-state index < -0.39 is 0 Å². The average Bonchev–Trinajstić information content (AvgIpc) is 3.30. The normalized spacial score (nSPS) is 10.5. The lowest BCUT2D eigenvalue weighted by molar-refractivity contribution is 0.102. The number of anilines is 1. The molecule has 8 heteroatoms. The maximum Gasteiger partial charge on any atom is 0.257 e. The van der Waals surface area contributed by atoms with Gasteiger partial charge in [-0.15, -0.1) is 11.3 Å². The Morgan fingerprint density at radius 1 is 1.08 bits per heavy atom. The summed E-state index contributed by atoms with van der Waals surface area (Å²) in [6.07, 6.45) is 0. The van der Waals surface area contributed by atoms with Crippen molar-refractivity contribution in [1.29, 1.82) is 5.26 Å². The number of nitrogens with one attached hydrogen (secondary N) is 1. The number of nitrogens with zero attached hydrogens (tertiary/aromatic N) is 4. The monoisotopic (exact) mass is 363 g/mol.